The highest BCUT2D eigenvalue weighted by molar-refractivity contribution is 5.96. The minimum Gasteiger partial charge on any atom is -0.325 e. The van der Waals surface area contributed by atoms with Gasteiger partial charge in [-0.3, -0.25) is 4.79 Å². The molecule has 0 aliphatic heterocycles. The first-order chi connectivity index (χ1) is 11.2. The number of carbonyl (C=O) groups is 1. The van der Waals surface area contributed by atoms with E-state index in [9.17, 15) is 4.79 Å². The van der Waals surface area contributed by atoms with Crippen LogP contribution in [0.2, 0.25) is 0 Å². The molecule has 2 nitrogen and oxygen atoms in total. The van der Waals surface area contributed by atoms with Gasteiger partial charge in [0.1, 0.15) is 0 Å². The van der Waals surface area contributed by atoms with Gasteiger partial charge in [0.2, 0.25) is 5.91 Å². The predicted molar refractivity (Wildman–Crippen MR) is 95.4 cm³/mol. The molecule has 3 rings (SSSR count). The van der Waals surface area contributed by atoms with Crippen molar-refractivity contribution in [3.05, 3.63) is 90.0 Å². The van der Waals surface area contributed by atoms with Crippen LogP contribution >= 0.6 is 0 Å². The fraction of sp³-hybridized carbons (Fsp3) is 0.0952. The number of aryl methyl sites for hydroxylation is 1. The predicted octanol–water partition coefficient (Wildman–Crippen LogP) is 4.84. The number of nitrogens with one attached hydrogen (secondary N) is 1. The maximum absolute atomic E-state index is 12.3. The van der Waals surface area contributed by atoms with Crippen LogP contribution in [0.15, 0.2) is 78.9 Å². The lowest BCUT2D eigenvalue weighted by molar-refractivity contribution is -0.115. The second-order valence-corrected chi connectivity index (χ2v) is 5.63. The largest absolute Gasteiger partial charge is 0.325 e. The summed E-state index contributed by atoms with van der Waals surface area (Å²) >= 11 is 0. The summed E-state index contributed by atoms with van der Waals surface area (Å²) in [5.74, 6) is -0.00256. The van der Waals surface area contributed by atoms with E-state index >= 15 is 0 Å². The van der Waals surface area contributed by atoms with E-state index in [1.165, 1.54) is 5.56 Å². The molecule has 1 amide bonds. The second-order valence-electron chi connectivity index (χ2n) is 5.63. The molecule has 2 heteroatoms. The van der Waals surface area contributed by atoms with Crippen LogP contribution in [0.4, 0.5) is 5.69 Å². The summed E-state index contributed by atoms with van der Waals surface area (Å²) in [6.07, 6.45) is 0.378. The van der Waals surface area contributed by atoms with Gasteiger partial charge in [0.25, 0.3) is 0 Å². The van der Waals surface area contributed by atoms with E-state index in [1.807, 2.05) is 60.7 Å². The molecule has 0 radical (unpaired) electrons. The first-order valence-electron chi connectivity index (χ1n) is 7.72. The van der Waals surface area contributed by atoms with E-state index in [-0.39, 0.29) is 5.91 Å². The summed E-state index contributed by atoms with van der Waals surface area (Å²) in [5, 5.41) is 3.05. The lowest BCUT2D eigenvalue weighted by Gasteiger charge is -2.12. The molecule has 0 saturated carbocycles. The van der Waals surface area contributed by atoms with Crippen molar-refractivity contribution in [2.75, 3.05) is 5.32 Å². The molecule has 0 aliphatic carbocycles. The van der Waals surface area contributed by atoms with Crippen LogP contribution in [-0.2, 0) is 11.2 Å². The molecule has 0 bridgehead atoms. The van der Waals surface area contributed by atoms with Gasteiger partial charge in [-0.1, -0.05) is 72.3 Å². The SMILES string of the molecule is Cc1ccc(NC(=O)Cc2ccccc2)c(-c2ccccc2)c1. The monoisotopic (exact) mass is 301 g/mol. The minimum atomic E-state index is -0.00256. The highest BCUT2D eigenvalue weighted by Gasteiger charge is 2.09. The molecule has 0 unspecified atom stereocenters. The van der Waals surface area contributed by atoms with E-state index in [0.29, 0.717) is 6.42 Å². The summed E-state index contributed by atoms with van der Waals surface area (Å²) < 4.78 is 0. The molecule has 0 aliphatic rings. The van der Waals surface area contributed by atoms with Crippen LogP contribution in [0.5, 0.6) is 0 Å². The van der Waals surface area contributed by atoms with Crippen molar-refractivity contribution in [3.8, 4) is 11.1 Å². The number of hydrogen-bond donors (Lipinski definition) is 1. The molecule has 23 heavy (non-hydrogen) atoms. The Labute approximate surface area is 136 Å². The third-order valence-electron chi connectivity index (χ3n) is 3.74. The zero-order chi connectivity index (χ0) is 16.1. The van der Waals surface area contributed by atoms with Crippen LogP contribution in [-0.4, -0.2) is 5.91 Å². The van der Waals surface area contributed by atoms with Crippen molar-refractivity contribution < 1.29 is 4.79 Å². The Morgan fingerprint density at radius 3 is 2.22 bits per heavy atom. The van der Waals surface area contributed by atoms with Gasteiger partial charge in [-0.05, 0) is 30.2 Å². The highest BCUT2D eigenvalue weighted by atomic mass is 16.1. The van der Waals surface area contributed by atoms with E-state index in [2.05, 4.69) is 30.4 Å². The zero-order valence-electron chi connectivity index (χ0n) is 13.1. The number of carbonyl (C=O) groups excluding carboxylic acids is 1. The Hall–Kier alpha value is -2.87. The summed E-state index contributed by atoms with van der Waals surface area (Å²) in [7, 11) is 0. The van der Waals surface area contributed by atoms with E-state index in [4.69, 9.17) is 0 Å². The molecule has 0 heterocycles. The van der Waals surface area contributed by atoms with Gasteiger partial charge in [0.15, 0.2) is 0 Å². The van der Waals surface area contributed by atoms with E-state index in [0.717, 1.165) is 22.4 Å². The number of amides is 1. The molecule has 0 fully saturated rings. The first kappa shape index (κ1) is 15.0. The Morgan fingerprint density at radius 2 is 1.52 bits per heavy atom. The summed E-state index contributed by atoms with van der Waals surface area (Å²) in [4.78, 5) is 12.3. The second kappa shape index (κ2) is 6.93. The zero-order valence-corrected chi connectivity index (χ0v) is 13.1. The lowest BCUT2D eigenvalue weighted by Crippen LogP contribution is -2.15. The normalized spacial score (nSPS) is 10.3. The first-order valence-corrected chi connectivity index (χ1v) is 7.72. The standard InChI is InChI=1S/C21H19NO/c1-16-12-13-20(19(14-16)18-10-6-3-7-11-18)22-21(23)15-17-8-4-2-5-9-17/h2-14H,15H2,1H3,(H,22,23). The van der Waals surface area contributed by atoms with E-state index in [1.54, 1.807) is 0 Å². The fourth-order valence-corrected chi connectivity index (χ4v) is 2.60. The van der Waals surface area contributed by atoms with E-state index < -0.39 is 0 Å². The molecule has 0 spiro atoms. The molecule has 1 N–H and O–H groups in total. The molecule has 3 aromatic rings. The van der Waals surface area contributed by atoms with Gasteiger partial charge < -0.3 is 5.32 Å². The molecule has 0 saturated heterocycles. The lowest BCUT2D eigenvalue weighted by atomic mass is 10.0. The Kier molecular flexibility index (Phi) is 4.53. The number of rotatable bonds is 4. The van der Waals surface area contributed by atoms with Gasteiger partial charge in [-0.15, -0.1) is 0 Å². The average Bonchev–Trinajstić information content (AvgIpc) is 2.58. The summed E-state index contributed by atoms with van der Waals surface area (Å²) in [6, 6.07) is 26.0. The Bertz CT molecular complexity index is 795. The van der Waals surface area contributed by atoms with Crippen LogP contribution in [0.3, 0.4) is 0 Å². The van der Waals surface area contributed by atoms with Crippen molar-refractivity contribution in [1.29, 1.82) is 0 Å². The van der Waals surface area contributed by atoms with Gasteiger partial charge in [-0.25, -0.2) is 0 Å². The van der Waals surface area contributed by atoms with Crippen molar-refractivity contribution >= 4 is 11.6 Å². The van der Waals surface area contributed by atoms with Crippen LogP contribution in [0.1, 0.15) is 11.1 Å². The molecular weight excluding hydrogens is 282 g/mol. The van der Waals surface area contributed by atoms with Gasteiger partial charge in [0.05, 0.1) is 6.42 Å². The number of benzene rings is 3. The summed E-state index contributed by atoms with van der Waals surface area (Å²) in [6.45, 7) is 2.06. The topological polar surface area (TPSA) is 29.1 Å². The molecule has 114 valence electrons. The number of anilines is 1. The van der Waals surface area contributed by atoms with Crippen molar-refractivity contribution in [2.24, 2.45) is 0 Å². The average molecular weight is 301 g/mol. The quantitative estimate of drug-likeness (QED) is 0.733. The molecule has 0 aromatic heterocycles. The third kappa shape index (κ3) is 3.86. The molecular formula is C21H19NO. The fourth-order valence-electron chi connectivity index (χ4n) is 2.60. The van der Waals surface area contributed by atoms with Gasteiger partial charge in [0, 0.05) is 11.3 Å². The van der Waals surface area contributed by atoms with Crippen molar-refractivity contribution in [2.45, 2.75) is 13.3 Å². The van der Waals surface area contributed by atoms with Crippen LogP contribution in [0.25, 0.3) is 11.1 Å². The molecule has 0 atom stereocenters. The smallest absolute Gasteiger partial charge is 0.228 e. The summed E-state index contributed by atoms with van der Waals surface area (Å²) in [5.41, 5.74) is 5.18. The molecule has 3 aromatic carbocycles. The van der Waals surface area contributed by atoms with Gasteiger partial charge in [-0.2, -0.15) is 0 Å². The van der Waals surface area contributed by atoms with Crippen LogP contribution in [0, 0.1) is 6.92 Å². The Morgan fingerprint density at radius 1 is 0.870 bits per heavy atom. The van der Waals surface area contributed by atoms with Crippen molar-refractivity contribution in [3.63, 3.8) is 0 Å². The highest BCUT2D eigenvalue weighted by Crippen LogP contribution is 2.29. The number of hydrogen-bond acceptors (Lipinski definition) is 1. The van der Waals surface area contributed by atoms with Gasteiger partial charge >= 0.3 is 0 Å². The third-order valence-corrected chi connectivity index (χ3v) is 3.74. The van der Waals surface area contributed by atoms with Crippen molar-refractivity contribution in [1.82, 2.24) is 0 Å². The van der Waals surface area contributed by atoms with Crippen LogP contribution < -0.4 is 5.32 Å². The maximum atomic E-state index is 12.3. The maximum Gasteiger partial charge on any atom is 0.228 e. The Balaban J connectivity index is 1.84. The minimum absolute atomic E-state index is 0.00256.